The number of nitrogens with one attached hydrogen (secondary N) is 1. The van der Waals surface area contributed by atoms with Gasteiger partial charge in [0.2, 0.25) is 0 Å². The zero-order valence-electron chi connectivity index (χ0n) is 13.6. The van der Waals surface area contributed by atoms with E-state index >= 15 is 0 Å². The van der Waals surface area contributed by atoms with Crippen LogP contribution in [0.5, 0.6) is 0 Å². The average Bonchev–Trinajstić information content (AvgIpc) is 2.86. The van der Waals surface area contributed by atoms with E-state index in [1.165, 1.54) is 12.8 Å². The number of carbonyl (C=O) groups excluding carboxylic acids is 1. The molecule has 0 aliphatic heterocycles. The second-order valence-corrected chi connectivity index (χ2v) is 7.79. The Kier molecular flexibility index (Phi) is 4.55. The van der Waals surface area contributed by atoms with Gasteiger partial charge < -0.3 is 15.0 Å². The topological polar surface area (TPSA) is 41.6 Å². The first-order valence-electron chi connectivity index (χ1n) is 7.19. The summed E-state index contributed by atoms with van der Waals surface area (Å²) in [5, 5.41) is 3.50. The van der Waals surface area contributed by atoms with Crippen molar-refractivity contribution in [2.24, 2.45) is 0 Å². The zero-order valence-corrected chi connectivity index (χ0v) is 13.6. The van der Waals surface area contributed by atoms with Gasteiger partial charge in [0.25, 0.3) is 0 Å². The van der Waals surface area contributed by atoms with Crippen LogP contribution in [0.3, 0.4) is 0 Å². The minimum atomic E-state index is -0.448. The Morgan fingerprint density at radius 2 is 1.74 bits per heavy atom. The second-order valence-electron chi connectivity index (χ2n) is 7.79. The van der Waals surface area contributed by atoms with Crippen LogP contribution in [0.15, 0.2) is 0 Å². The number of carbonyl (C=O) groups is 1. The molecule has 4 heteroatoms. The van der Waals surface area contributed by atoms with Gasteiger partial charge in [0.15, 0.2) is 0 Å². The summed E-state index contributed by atoms with van der Waals surface area (Å²) in [6.45, 7) is 15.5. The number of rotatable bonds is 4. The van der Waals surface area contributed by atoms with Gasteiger partial charge in [-0.25, -0.2) is 4.79 Å². The fourth-order valence-corrected chi connectivity index (χ4v) is 1.85. The van der Waals surface area contributed by atoms with E-state index in [9.17, 15) is 4.79 Å². The molecule has 19 heavy (non-hydrogen) atoms. The summed E-state index contributed by atoms with van der Waals surface area (Å²) in [5.74, 6) is 0. The third-order valence-corrected chi connectivity index (χ3v) is 3.31. The van der Waals surface area contributed by atoms with Crippen LogP contribution in [-0.4, -0.2) is 40.8 Å². The third-order valence-electron chi connectivity index (χ3n) is 3.31. The van der Waals surface area contributed by atoms with Crippen LogP contribution < -0.4 is 5.32 Å². The van der Waals surface area contributed by atoms with Crippen molar-refractivity contribution in [1.29, 1.82) is 0 Å². The Hall–Kier alpha value is -0.770. The van der Waals surface area contributed by atoms with Crippen LogP contribution in [0.2, 0.25) is 0 Å². The van der Waals surface area contributed by atoms with Crippen molar-refractivity contribution in [2.75, 3.05) is 13.1 Å². The molecule has 0 aromatic carbocycles. The van der Waals surface area contributed by atoms with E-state index in [1.807, 2.05) is 41.5 Å². The smallest absolute Gasteiger partial charge is 0.410 e. The molecule has 0 saturated heterocycles. The van der Waals surface area contributed by atoms with Crippen molar-refractivity contribution >= 4 is 6.09 Å². The van der Waals surface area contributed by atoms with Gasteiger partial charge in [0.1, 0.15) is 5.60 Å². The lowest BCUT2D eigenvalue weighted by molar-refractivity contribution is 0.00642. The molecule has 0 radical (unpaired) electrons. The summed E-state index contributed by atoms with van der Waals surface area (Å²) in [4.78, 5) is 14.1. The molecule has 0 bridgehead atoms. The van der Waals surface area contributed by atoms with Gasteiger partial charge in [-0.3, -0.25) is 0 Å². The van der Waals surface area contributed by atoms with Crippen molar-refractivity contribution < 1.29 is 9.53 Å². The van der Waals surface area contributed by atoms with Crippen LogP contribution in [-0.2, 0) is 4.74 Å². The van der Waals surface area contributed by atoms with Crippen LogP contribution in [0, 0.1) is 0 Å². The molecule has 112 valence electrons. The Morgan fingerprint density at radius 1 is 1.21 bits per heavy atom. The highest BCUT2D eigenvalue weighted by Crippen LogP contribution is 2.34. The number of amides is 1. The van der Waals surface area contributed by atoms with Crippen LogP contribution in [0.4, 0.5) is 4.79 Å². The summed E-state index contributed by atoms with van der Waals surface area (Å²) in [5.41, 5.74) is -0.373. The standard InChI is InChI=1S/C15H30N2O2/c1-13(2,3)17(12(18)19-14(4,5)6)11-10-16-15(7)8-9-15/h16H,8-11H2,1-7H3. The van der Waals surface area contributed by atoms with E-state index in [-0.39, 0.29) is 11.6 Å². The fraction of sp³-hybridized carbons (Fsp3) is 0.933. The largest absolute Gasteiger partial charge is 0.444 e. The van der Waals surface area contributed by atoms with Crippen LogP contribution >= 0.6 is 0 Å². The molecular formula is C15H30N2O2. The highest BCUT2D eigenvalue weighted by molar-refractivity contribution is 5.69. The van der Waals surface area contributed by atoms with E-state index < -0.39 is 5.60 Å². The van der Waals surface area contributed by atoms with Crippen LogP contribution in [0.25, 0.3) is 0 Å². The highest BCUT2D eigenvalue weighted by atomic mass is 16.6. The van der Waals surface area contributed by atoms with Crippen molar-refractivity contribution in [1.82, 2.24) is 10.2 Å². The summed E-state index contributed by atoms with van der Waals surface area (Å²) in [6.07, 6.45) is 2.23. The maximum absolute atomic E-state index is 12.3. The molecule has 1 saturated carbocycles. The van der Waals surface area contributed by atoms with Crippen LogP contribution in [0.1, 0.15) is 61.3 Å². The minimum Gasteiger partial charge on any atom is -0.444 e. The van der Waals surface area contributed by atoms with Gasteiger partial charge in [-0.2, -0.15) is 0 Å². The molecule has 1 N–H and O–H groups in total. The van der Waals surface area contributed by atoms with Crippen molar-refractivity contribution in [3.8, 4) is 0 Å². The van der Waals surface area contributed by atoms with Gasteiger partial charge >= 0.3 is 6.09 Å². The van der Waals surface area contributed by atoms with Gasteiger partial charge in [0.05, 0.1) is 0 Å². The summed E-state index contributed by atoms with van der Waals surface area (Å²) < 4.78 is 5.48. The number of hydrogen-bond donors (Lipinski definition) is 1. The van der Waals surface area contributed by atoms with Gasteiger partial charge in [-0.1, -0.05) is 0 Å². The van der Waals surface area contributed by atoms with E-state index in [1.54, 1.807) is 4.90 Å². The molecule has 4 nitrogen and oxygen atoms in total. The van der Waals surface area contributed by atoms with Gasteiger partial charge in [-0.05, 0) is 61.3 Å². The van der Waals surface area contributed by atoms with Crippen molar-refractivity contribution in [3.63, 3.8) is 0 Å². The van der Waals surface area contributed by atoms with E-state index in [2.05, 4.69) is 12.2 Å². The molecule has 0 unspecified atom stereocenters. The number of ether oxygens (including phenoxy) is 1. The molecule has 1 aliphatic carbocycles. The van der Waals surface area contributed by atoms with Gasteiger partial charge in [0, 0.05) is 24.2 Å². The lowest BCUT2D eigenvalue weighted by Gasteiger charge is -2.37. The lowest BCUT2D eigenvalue weighted by Crippen LogP contribution is -2.51. The predicted molar refractivity (Wildman–Crippen MR) is 78.3 cm³/mol. The molecular weight excluding hydrogens is 240 g/mol. The highest BCUT2D eigenvalue weighted by Gasteiger charge is 2.37. The molecule has 0 aromatic rings. The SMILES string of the molecule is CC1(NCCN(C(=O)OC(C)(C)C)C(C)(C)C)CC1. The van der Waals surface area contributed by atoms with E-state index in [0.29, 0.717) is 12.1 Å². The Balaban J connectivity index is 2.54. The quantitative estimate of drug-likeness (QED) is 0.853. The molecule has 0 aromatic heterocycles. The number of nitrogens with zero attached hydrogens (tertiary/aromatic N) is 1. The summed E-state index contributed by atoms with van der Waals surface area (Å²) in [6, 6.07) is 0. The zero-order chi connectivity index (χ0) is 14.9. The average molecular weight is 270 g/mol. The molecule has 0 heterocycles. The Morgan fingerprint density at radius 3 is 2.11 bits per heavy atom. The summed E-state index contributed by atoms with van der Waals surface area (Å²) >= 11 is 0. The van der Waals surface area contributed by atoms with Crippen molar-refractivity contribution in [3.05, 3.63) is 0 Å². The molecule has 1 rings (SSSR count). The maximum Gasteiger partial charge on any atom is 0.410 e. The predicted octanol–water partition coefficient (Wildman–Crippen LogP) is 3.16. The molecule has 0 spiro atoms. The normalized spacial score (nSPS) is 18.1. The Bertz CT molecular complexity index is 322. The molecule has 1 fully saturated rings. The third kappa shape index (κ3) is 5.81. The first kappa shape index (κ1) is 16.3. The second kappa shape index (κ2) is 5.31. The number of hydrogen-bond acceptors (Lipinski definition) is 3. The molecule has 0 atom stereocenters. The minimum absolute atomic E-state index is 0.228. The van der Waals surface area contributed by atoms with Crippen molar-refractivity contribution in [2.45, 2.75) is 78.0 Å². The lowest BCUT2D eigenvalue weighted by atomic mass is 10.1. The summed E-state index contributed by atoms with van der Waals surface area (Å²) in [7, 11) is 0. The van der Waals surface area contributed by atoms with E-state index in [4.69, 9.17) is 4.74 Å². The van der Waals surface area contributed by atoms with Gasteiger partial charge in [-0.15, -0.1) is 0 Å². The molecule has 1 aliphatic rings. The first-order chi connectivity index (χ1) is 8.43. The Labute approximate surface area is 117 Å². The first-order valence-corrected chi connectivity index (χ1v) is 7.19. The fourth-order valence-electron chi connectivity index (χ4n) is 1.85. The van der Waals surface area contributed by atoms with E-state index in [0.717, 1.165) is 6.54 Å². The molecule has 1 amide bonds. The monoisotopic (exact) mass is 270 g/mol. The maximum atomic E-state index is 12.3.